The van der Waals surface area contributed by atoms with Crippen molar-refractivity contribution in [2.45, 2.75) is 70.3 Å². The molecule has 2 atom stereocenters. The first-order valence-corrected chi connectivity index (χ1v) is 9.94. The van der Waals surface area contributed by atoms with Crippen molar-refractivity contribution in [3.63, 3.8) is 0 Å². The van der Waals surface area contributed by atoms with Gasteiger partial charge in [-0.2, -0.15) is 8.78 Å². The maximum Gasteiger partial charge on any atom is 0.268 e. The third-order valence-electron chi connectivity index (χ3n) is 6.38. The molecule has 0 aromatic carbocycles. The predicted octanol–water partition coefficient (Wildman–Crippen LogP) is 5.68. The molecule has 2 aliphatic carbocycles. The number of ether oxygens (including phenoxy) is 1. The van der Waals surface area contributed by atoms with Crippen LogP contribution in [0, 0.1) is 23.7 Å². The molecule has 1 aliphatic heterocycles. The van der Waals surface area contributed by atoms with Gasteiger partial charge in [-0.15, -0.1) is 0 Å². The summed E-state index contributed by atoms with van der Waals surface area (Å²) in [7, 11) is 0. The number of allylic oxidation sites excluding steroid dienone is 1. The van der Waals surface area contributed by atoms with E-state index in [1.807, 2.05) is 0 Å². The summed E-state index contributed by atoms with van der Waals surface area (Å²) in [5, 5.41) is 0. The molecular weight excluding hydrogens is 322 g/mol. The number of carbonyl (C=O) groups is 1. The van der Waals surface area contributed by atoms with Crippen molar-refractivity contribution in [3.8, 4) is 0 Å². The third-order valence-corrected chi connectivity index (χ3v) is 6.38. The fourth-order valence-corrected chi connectivity index (χ4v) is 4.77. The van der Waals surface area contributed by atoms with Gasteiger partial charge in [0, 0.05) is 24.8 Å². The van der Waals surface area contributed by atoms with E-state index in [2.05, 4.69) is 12.2 Å². The number of halogens is 2. The van der Waals surface area contributed by atoms with Gasteiger partial charge in [-0.25, -0.2) is 0 Å². The lowest BCUT2D eigenvalue weighted by Crippen LogP contribution is -2.26. The molecule has 3 rings (SSSR count). The molecule has 1 heterocycles. The highest BCUT2D eigenvalue weighted by Gasteiger charge is 2.29. The molecule has 1 saturated heterocycles. The van der Waals surface area contributed by atoms with E-state index in [0.717, 1.165) is 50.0 Å². The minimum atomic E-state index is -1.64. The topological polar surface area (TPSA) is 26.3 Å². The Labute approximate surface area is 149 Å². The molecule has 0 bridgehead atoms. The standard InChI is InChI=1S/C21H30F2O2/c22-21(23)13-20-12-5-16(14-25-20)2-1-15-3-6-17(7-4-15)18-8-10-19(24)11-9-18/h1-2,13,15-18,20H,3-12,14H2/b2-1+. The van der Waals surface area contributed by atoms with Gasteiger partial charge in [-0.1, -0.05) is 12.2 Å². The summed E-state index contributed by atoms with van der Waals surface area (Å²) in [5.41, 5.74) is 0. The third kappa shape index (κ3) is 5.73. The second-order valence-corrected chi connectivity index (χ2v) is 8.10. The van der Waals surface area contributed by atoms with Crippen LogP contribution in [-0.2, 0) is 9.53 Å². The molecular formula is C21H30F2O2. The van der Waals surface area contributed by atoms with Crippen molar-refractivity contribution in [2.75, 3.05) is 6.61 Å². The van der Waals surface area contributed by atoms with Crippen molar-refractivity contribution >= 4 is 5.78 Å². The van der Waals surface area contributed by atoms with Crippen LogP contribution in [0.15, 0.2) is 24.3 Å². The SMILES string of the molecule is O=C1CCC(C2CCC(/C=C/C3CCC(C=C(F)F)OC3)CC2)CC1. The van der Waals surface area contributed by atoms with Crippen LogP contribution in [0.5, 0.6) is 0 Å². The van der Waals surface area contributed by atoms with E-state index in [9.17, 15) is 13.6 Å². The summed E-state index contributed by atoms with van der Waals surface area (Å²) >= 11 is 0. The van der Waals surface area contributed by atoms with Crippen LogP contribution in [0.25, 0.3) is 0 Å². The van der Waals surface area contributed by atoms with Gasteiger partial charge in [0.15, 0.2) is 0 Å². The van der Waals surface area contributed by atoms with Gasteiger partial charge in [0.1, 0.15) is 5.78 Å². The summed E-state index contributed by atoms with van der Waals surface area (Å²) < 4.78 is 30.0. The quantitative estimate of drug-likeness (QED) is 0.608. The maximum absolute atomic E-state index is 12.2. The lowest BCUT2D eigenvalue weighted by Gasteiger charge is -2.35. The van der Waals surface area contributed by atoms with Gasteiger partial charge in [-0.3, -0.25) is 4.79 Å². The first kappa shape index (κ1) is 18.8. The van der Waals surface area contributed by atoms with E-state index < -0.39 is 12.2 Å². The smallest absolute Gasteiger partial charge is 0.268 e. The van der Waals surface area contributed by atoms with E-state index in [1.165, 1.54) is 25.7 Å². The van der Waals surface area contributed by atoms with Gasteiger partial charge >= 0.3 is 0 Å². The Kier molecular flexibility index (Phi) is 6.80. The van der Waals surface area contributed by atoms with Crippen molar-refractivity contribution < 1.29 is 18.3 Å². The number of hydrogen-bond donors (Lipinski definition) is 0. The van der Waals surface area contributed by atoms with Crippen LogP contribution in [0.1, 0.15) is 64.2 Å². The molecule has 2 saturated carbocycles. The van der Waals surface area contributed by atoms with Gasteiger partial charge in [0.05, 0.1) is 12.7 Å². The summed E-state index contributed by atoms with van der Waals surface area (Å²) in [6.45, 7) is 0.552. The zero-order valence-corrected chi connectivity index (χ0v) is 15.0. The molecule has 0 aromatic heterocycles. The number of Topliss-reactive ketones (excluding diaryl/α,β-unsaturated/α-hetero) is 1. The minimum Gasteiger partial charge on any atom is -0.373 e. The van der Waals surface area contributed by atoms with E-state index in [4.69, 9.17) is 4.74 Å². The van der Waals surface area contributed by atoms with Crippen molar-refractivity contribution in [2.24, 2.45) is 23.7 Å². The molecule has 0 N–H and O–H groups in total. The van der Waals surface area contributed by atoms with Crippen LogP contribution in [0.4, 0.5) is 8.78 Å². The Balaban J connectivity index is 1.37. The van der Waals surface area contributed by atoms with Gasteiger partial charge in [-0.05, 0) is 69.1 Å². The van der Waals surface area contributed by atoms with Crippen LogP contribution in [-0.4, -0.2) is 18.5 Å². The van der Waals surface area contributed by atoms with E-state index in [-0.39, 0.29) is 0 Å². The second kappa shape index (κ2) is 9.07. The average molecular weight is 352 g/mol. The zero-order chi connectivity index (χ0) is 17.6. The largest absolute Gasteiger partial charge is 0.373 e. The van der Waals surface area contributed by atoms with E-state index in [0.29, 0.717) is 30.6 Å². The predicted molar refractivity (Wildman–Crippen MR) is 94.3 cm³/mol. The Morgan fingerprint density at radius 1 is 0.840 bits per heavy atom. The van der Waals surface area contributed by atoms with Crippen LogP contribution >= 0.6 is 0 Å². The summed E-state index contributed by atoms with van der Waals surface area (Å²) in [6, 6.07) is 0. The van der Waals surface area contributed by atoms with Gasteiger partial charge in [0.2, 0.25) is 0 Å². The minimum absolute atomic E-state index is 0.370. The monoisotopic (exact) mass is 352 g/mol. The fourth-order valence-electron chi connectivity index (χ4n) is 4.77. The van der Waals surface area contributed by atoms with Crippen molar-refractivity contribution in [1.29, 1.82) is 0 Å². The molecule has 2 unspecified atom stereocenters. The zero-order valence-electron chi connectivity index (χ0n) is 15.0. The van der Waals surface area contributed by atoms with Gasteiger partial charge < -0.3 is 4.74 Å². The molecule has 3 fully saturated rings. The Morgan fingerprint density at radius 2 is 1.44 bits per heavy atom. The summed E-state index contributed by atoms with van der Waals surface area (Å²) in [5.74, 6) is 3.07. The van der Waals surface area contributed by atoms with Gasteiger partial charge in [0.25, 0.3) is 6.08 Å². The molecule has 0 aromatic rings. The summed E-state index contributed by atoms with van der Waals surface area (Å²) in [4.78, 5) is 11.4. The normalized spacial score (nSPS) is 35.0. The molecule has 2 nitrogen and oxygen atoms in total. The highest BCUT2D eigenvalue weighted by molar-refractivity contribution is 5.79. The van der Waals surface area contributed by atoms with E-state index >= 15 is 0 Å². The second-order valence-electron chi connectivity index (χ2n) is 8.10. The number of carbonyl (C=O) groups excluding carboxylic acids is 1. The van der Waals surface area contributed by atoms with Crippen LogP contribution in [0.3, 0.4) is 0 Å². The molecule has 0 amide bonds. The lowest BCUT2D eigenvalue weighted by atomic mass is 9.71. The molecule has 3 aliphatic rings. The fraction of sp³-hybridized carbons (Fsp3) is 0.762. The summed E-state index contributed by atoms with van der Waals surface area (Å²) in [6.07, 6.45) is 14.0. The molecule has 140 valence electrons. The molecule has 0 radical (unpaired) electrons. The van der Waals surface area contributed by atoms with Crippen LogP contribution in [0.2, 0.25) is 0 Å². The first-order chi connectivity index (χ1) is 12.1. The highest BCUT2D eigenvalue weighted by Crippen LogP contribution is 2.39. The van der Waals surface area contributed by atoms with Crippen molar-refractivity contribution in [3.05, 3.63) is 24.3 Å². The lowest BCUT2D eigenvalue weighted by molar-refractivity contribution is -0.121. The molecule has 0 spiro atoms. The molecule has 25 heavy (non-hydrogen) atoms. The first-order valence-electron chi connectivity index (χ1n) is 9.94. The maximum atomic E-state index is 12.2. The van der Waals surface area contributed by atoms with Crippen molar-refractivity contribution in [1.82, 2.24) is 0 Å². The molecule has 4 heteroatoms. The number of hydrogen-bond acceptors (Lipinski definition) is 2. The number of rotatable bonds is 4. The average Bonchev–Trinajstić information content (AvgIpc) is 2.62. The highest BCUT2D eigenvalue weighted by atomic mass is 19.3. The number of ketones is 1. The Hall–Kier alpha value is -1.03. The van der Waals surface area contributed by atoms with E-state index in [1.54, 1.807) is 0 Å². The Morgan fingerprint density at radius 3 is 2.04 bits per heavy atom. The van der Waals surface area contributed by atoms with Crippen LogP contribution < -0.4 is 0 Å². The Bertz CT molecular complexity index is 484.